The smallest absolute Gasteiger partial charge is 0.289 e. The first-order valence-electron chi connectivity index (χ1n) is 12.0. The molecule has 0 spiro atoms. The molecule has 0 unspecified atom stereocenters. The van der Waals surface area contributed by atoms with E-state index >= 15 is 0 Å². The number of rotatable bonds is 7. The molecule has 1 saturated heterocycles. The molecule has 1 aliphatic rings. The lowest BCUT2D eigenvalue weighted by Gasteiger charge is -2.40. The van der Waals surface area contributed by atoms with E-state index in [0.29, 0.717) is 17.7 Å². The number of hydrogen-bond acceptors (Lipinski definition) is 4. The number of hydrogen-bond donors (Lipinski definition) is 1. The molecule has 2 heterocycles. The van der Waals surface area contributed by atoms with E-state index in [2.05, 4.69) is 4.90 Å². The first-order chi connectivity index (χ1) is 16.7. The quantitative estimate of drug-likeness (QED) is 0.485. The van der Waals surface area contributed by atoms with Crippen molar-refractivity contribution in [2.75, 3.05) is 20.1 Å². The largest absolute Gasteiger partial charge is 0.507 e. The van der Waals surface area contributed by atoms with E-state index in [9.17, 15) is 18.7 Å². The molecule has 1 N–H and O–H groups in total. The lowest BCUT2D eigenvalue weighted by Crippen LogP contribution is -2.47. The van der Waals surface area contributed by atoms with Crippen LogP contribution in [-0.2, 0) is 13.0 Å². The number of likely N-dealkylation sites (tertiary alicyclic amines) is 1. The molecule has 35 heavy (non-hydrogen) atoms. The van der Waals surface area contributed by atoms with Crippen molar-refractivity contribution >= 4 is 5.91 Å². The first kappa shape index (κ1) is 24.9. The number of nitrogens with zero attached hydrogens (tertiary/aromatic N) is 2. The number of likely N-dealkylation sites (N-methyl/N-ethyl adjacent to an activating group) is 1. The summed E-state index contributed by atoms with van der Waals surface area (Å²) in [6, 6.07) is 10.7. The van der Waals surface area contributed by atoms with Crippen molar-refractivity contribution in [1.82, 2.24) is 9.80 Å². The molecule has 0 bridgehead atoms. The molecule has 186 valence electrons. The van der Waals surface area contributed by atoms with Crippen molar-refractivity contribution < 1.29 is 23.1 Å². The number of aryl methyl sites for hydroxylation is 2. The average molecular weight is 483 g/mol. The highest BCUT2D eigenvalue weighted by atomic mass is 19.1. The van der Waals surface area contributed by atoms with Gasteiger partial charge < -0.3 is 14.4 Å². The molecule has 1 fully saturated rings. The number of halogens is 2. The molecule has 2 aromatic carbocycles. The molecule has 1 atom stereocenters. The van der Waals surface area contributed by atoms with E-state index in [1.807, 2.05) is 26.0 Å². The molecule has 1 aromatic heterocycles. The van der Waals surface area contributed by atoms with Gasteiger partial charge in [0.15, 0.2) is 5.76 Å². The van der Waals surface area contributed by atoms with E-state index in [-0.39, 0.29) is 23.6 Å². The minimum atomic E-state index is -0.615. The van der Waals surface area contributed by atoms with Gasteiger partial charge in [0.1, 0.15) is 17.4 Å². The summed E-state index contributed by atoms with van der Waals surface area (Å²) in [7, 11) is 1.73. The Balaban J connectivity index is 1.49. The van der Waals surface area contributed by atoms with Gasteiger partial charge in [-0.3, -0.25) is 9.69 Å². The third-order valence-corrected chi connectivity index (χ3v) is 7.13. The second-order valence-corrected chi connectivity index (χ2v) is 9.59. The lowest BCUT2D eigenvalue weighted by atomic mass is 9.84. The second-order valence-electron chi connectivity index (χ2n) is 9.59. The zero-order valence-electron chi connectivity index (χ0n) is 20.4. The number of phenolic OH excluding ortho intramolecular Hbond substituents is 1. The molecule has 3 aromatic rings. The fourth-order valence-electron chi connectivity index (χ4n) is 5.15. The predicted molar refractivity (Wildman–Crippen MR) is 130 cm³/mol. The Labute approximate surface area is 205 Å². The fraction of sp³-hybridized carbons (Fsp3) is 0.393. The summed E-state index contributed by atoms with van der Waals surface area (Å²) in [6.07, 6.45) is 3.45. The summed E-state index contributed by atoms with van der Waals surface area (Å²) < 4.78 is 33.3. The molecule has 0 aliphatic carbocycles. The molecule has 0 saturated carbocycles. The van der Waals surface area contributed by atoms with Crippen LogP contribution < -0.4 is 0 Å². The summed E-state index contributed by atoms with van der Waals surface area (Å²) in [4.78, 5) is 17.1. The van der Waals surface area contributed by atoms with Gasteiger partial charge in [0.05, 0.1) is 6.26 Å². The Hall–Kier alpha value is -3.19. The number of furan rings is 1. The van der Waals surface area contributed by atoms with Crippen LogP contribution in [0.15, 0.2) is 53.1 Å². The molecule has 4 rings (SSSR count). The van der Waals surface area contributed by atoms with Crippen molar-refractivity contribution in [3.63, 3.8) is 0 Å². The van der Waals surface area contributed by atoms with Crippen LogP contribution in [0, 0.1) is 31.4 Å². The highest BCUT2D eigenvalue weighted by Gasteiger charge is 2.33. The highest BCUT2D eigenvalue weighted by molar-refractivity contribution is 5.91. The number of aromatic hydroxyl groups is 1. The van der Waals surface area contributed by atoms with Crippen LogP contribution in [-0.4, -0.2) is 47.0 Å². The summed E-state index contributed by atoms with van der Waals surface area (Å²) in [5, 5.41) is 10.1. The molecule has 7 heteroatoms. The predicted octanol–water partition coefficient (Wildman–Crippen LogP) is 5.48. The Bertz CT molecular complexity index is 1150. The molecule has 5 nitrogen and oxygen atoms in total. The van der Waals surface area contributed by atoms with E-state index in [4.69, 9.17) is 4.42 Å². The van der Waals surface area contributed by atoms with Crippen molar-refractivity contribution in [3.8, 4) is 5.75 Å². The fourth-order valence-corrected chi connectivity index (χ4v) is 5.15. The van der Waals surface area contributed by atoms with Gasteiger partial charge in [0.2, 0.25) is 0 Å². The zero-order valence-corrected chi connectivity index (χ0v) is 20.4. The summed E-state index contributed by atoms with van der Waals surface area (Å²) in [5.41, 5.74) is 3.29. The molecule has 0 radical (unpaired) electrons. The summed E-state index contributed by atoms with van der Waals surface area (Å²) >= 11 is 0. The minimum absolute atomic E-state index is 0.155. The second kappa shape index (κ2) is 10.6. The SMILES string of the molecule is Cc1cc(CN2CCC([C@H](Cc3ccc(F)cc3F)N(C)C(=O)c3ccco3)CC2)cc(C)c1O. The third-order valence-electron chi connectivity index (χ3n) is 7.13. The Morgan fingerprint density at radius 2 is 1.83 bits per heavy atom. The van der Waals surface area contributed by atoms with E-state index in [1.165, 1.54) is 18.4 Å². The van der Waals surface area contributed by atoms with E-state index in [1.54, 1.807) is 24.1 Å². The maximum atomic E-state index is 14.5. The molecule has 1 amide bonds. The van der Waals surface area contributed by atoms with Crippen LogP contribution in [0.5, 0.6) is 5.75 Å². The number of benzene rings is 2. The Kier molecular flexibility index (Phi) is 7.55. The number of amides is 1. The third kappa shape index (κ3) is 5.73. The summed E-state index contributed by atoms with van der Waals surface area (Å²) in [5.74, 6) is -0.719. The van der Waals surface area contributed by atoms with Crippen LogP contribution in [0.3, 0.4) is 0 Å². The van der Waals surface area contributed by atoms with Crippen LogP contribution in [0.1, 0.15) is 45.7 Å². The van der Waals surface area contributed by atoms with Gasteiger partial charge in [0, 0.05) is 25.7 Å². The van der Waals surface area contributed by atoms with Crippen LogP contribution in [0.4, 0.5) is 8.78 Å². The Morgan fingerprint density at radius 3 is 2.43 bits per heavy atom. The number of piperidine rings is 1. The molecular weight excluding hydrogens is 450 g/mol. The van der Waals surface area contributed by atoms with Gasteiger partial charge >= 0.3 is 0 Å². The Morgan fingerprint density at radius 1 is 1.14 bits per heavy atom. The number of carbonyl (C=O) groups excluding carboxylic acids is 1. The van der Waals surface area contributed by atoms with Crippen molar-refractivity contribution in [2.45, 2.75) is 45.7 Å². The monoisotopic (exact) mass is 482 g/mol. The van der Waals surface area contributed by atoms with Gasteiger partial charge in [-0.05, 0) is 92.6 Å². The average Bonchev–Trinajstić information content (AvgIpc) is 3.37. The van der Waals surface area contributed by atoms with E-state index in [0.717, 1.165) is 55.2 Å². The van der Waals surface area contributed by atoms with Gasteiger partial charge in [-0.25, -0.2) is 8.78 Å². The minimum Gasteiger partial charge on any atom is -0.507 e. The lowest BCUT2D eigenvalue weighted by molar-refractivity contribution is 0.0554. The number of carbonyl (C=O) groups is 1. The van der Waals surface area contributed by atoms with Crippen LogP contribution >= 0.6 is 0 Å². The van der Waals surface area contributed by atoms with Gasteiger partial charge in [-0.1, -0.05) is 18.2 Å². The van der Waals surface area contributed by atoms with Crippen molar-refractivity contribution in [2.24, 2.45) is 5.92 Å². The van der Waals surface area contributed by atoms with Crippen molar-refractivity contribution in [1.29, 1.82) is 0 Å². The normalized spacial score (nSPS) is 15.8. The standard InChI is InChI=1S/C28H32F2N2O3/c1-18-13-20(14-19(2)27(18)33)17-32-10-8-21(9-11-32)25(15-22-6-7-23(29)16-24(22)30)31(3)28(34)26-5-4-12-35-26/h4-7,12-14,16,21,25,33H,8-11,15,17H2,1-3H3/t25-/m0/s1. The number of phenols is 1. The summed E-state index contributed by atoms with van der Waals surface area (Å²) in [6.45, 7) is 6.28. The topological polar surface area (TPSA) is 56.9 Å². The molecule has 1 aliphatic heterocycles. The van der Waals surface area contributed by atoms with Gasteiger partial charge in [-0.15, -0.1) is 0 Å². The van der Waals surface area contributed by atoms with Gasteiger partial charge in [-0.2, -0.15) is 0 Å². The van der Waals surface area contributed by atoms with Crippen molar-refractivity contribution in [3.05, 3.63) is 88.4 Å². The van der Waals surface area contributed by atoms with Crippen LogP contribution in [0.25, 0.3) is 0 Å². The molecular formula is C28H32F2N2O3. The maximum Gasteiger partial charge on any atom is 0.289 e. The first-order valence-corrected chi connectivity index (χ1v) is 12.0. The maximum absolute atomic E-state index is 14.5. The van der Waals surface area contributed by atoms with Crippen LogP contribution in [0.2, 0.25) is 0 Å². The van der Waals surface area contributed by atoms with Gasteiger partial charge in [0.25, 0.3) is 5.91 Å². The highest BCUT2D eigenvalue weighted by Crippen LogP contribution is 2.30. The zero-order chi connectivity index (χ0) is 25.1. The van der Waals surface area contributed by atoms with E-state index < -0.39 is 11.6 Å².